The smallest absolute Gasteiger partial charge is 0.180 e. The number of Topliss-reactive ketones (excluding diaryl/α,β-unsaturated/α-hetero) is 1. The number of nitrogens with zero attached hydrogens (tertiary/aromatic N) is 1. The van der Waals surface area contributed by atoms with Crippen molar-refractivity contribution in [2.45, 2.75) is 19.8 Å². The van der Waals surface area contributed by atoms with Crippen LogP contribution in [-0.2, 0) is 0 Å². The van der Waals surface area contributed by atoms with Crippen LogP contribution in [0.15, 0.2) is 18.2 Å². The van der Waals surface area contributed by atoms with E-state index < -0.39 is 23.3 Å². The van der Waals surface area contributed by atoms with Crippen LogP contribution >= 0.6 is 0 Å². The van der Waals surface area contributed by atoms with Gasteiger partial charge in [0.25, 0.3) is 0 Å². The lowest BCUT2D eigenvalue weighted by Gasteiger charge is -2.06. The third kappa shape index (κ3) is 2.63. The predicted molar refractivity (Wildman–Crippen MR) is 54.7 cm³/mol. The highest BCUT2D eigenvalue weighted by atomic mass is 19.2. The van der Waals surface area contributed by atoms with Crippen LogP contribution < -0.4 is 0 Å². The van der Waals surface area contributed by atoms with Gasteiger partial charge in [0.15, 0.2) is 17.4 Å². The standard InChI is InChI=1S/C12H11F2NO/c1-2-3-9(7-15)12(16)8-4-5-10(13)11(14)6-8/h4-6,9H,2-3H2,1H3. The van der Waals surface area contributed by atoms with E-state index in [2.05, 4.69) is 0 Å². The summed E-state index contributed by atoms with van der Waals surface area (Å²) in [6, 6.07) is 4.79. The number of rotatable bonds is 4. The minimum atomic E-state index is -1.07. The van der Waals surface area contributed by atoms with Crippen molar-refractivity contribution in [3.63, 3.8) is 0 Å². The molecule has 16 heavy (non-hydrogen) atoms. The van der Waals surface area contributed by atoms with Gasteiger partial charge >= 0.3 is 0 Å². The van der Waals surface area contributed by atoms with Crippen molar-refractivity contribution in [1.29, 1.82) is 5.26 Å². The lowest BCUT2D eigenvalue weighted by molar-refractivity contribution is 0.0943. The van der Waals surface area contributed by atoms with E-state index in [1.807, 2.05) is 13.0 Å². The van der Waals surface area contributed by atoms with Crippen molar-refractivity contribution in [3.05, 3.63) is 35.4 Å². The van der Waals surface area contributed by atoms with Crippen LogP contribution in [0.5, 0.6) is 0 Å². The molecule has 0 bridgehead atoms. The summed E-state index contributed by atoms with van der Waals surface area (Å²) in [5, 5.41) is 8.77. The van der Waals surface area contributed by atoms with E-state index in [1.165, 1.54) is 6.07 Å². The third-order valence-corrected chi connectivity index (χ3v) is 2.25. The van der Waals surface area contributed by atoms with E-state index in [1.54, 1.807) is 0 Å². The Hall–Kier alpha value is -1.76. The van der Waals surface area contributed by atoms with E-state index in [0.717, 1.165) is 12.1 Å². The molecule has 2 nitrogen and oxygen atoms in total. The van der Waals surface area contributed by atoms with Gasteiger partial charge in [-0.1, -0.05) is 13.3 Å². The van der Waals surface area contributed by atoms with Crippen LogP contribution in [0.1, 0.15) is 30.1 Å². The van der Waals surface area contributed by atoms with Crippen LogP contribution in [0.25, 0.3) is 0 Å². The number of carbonyl (C=O) groups is 1. The van der Waals surface area contributed by atoms with Gasteiger partial charge in [-0.05, 0) is 24.6 Å². The molecule has 0 saturated heterocycles. The zero-order chi connectivity index (χ0) is 12.1. The molecule has 1 atom stereocenters. The van der Waals surface area contributed by atoms with Gasteiger partial charge < -0.3 is 0 Å². The SMILES string of the molecule is CCCC(C#N)C(=O)c1ccc(F)c(F)c1. The molecule has 0 aromatic heterocycles. The first-order valence-electron chi connectivity index (χ1n) is 4.99. The molecule has 0 aliphatic heterocycles. The Kier molecular flexibility index (Phi) is 4.12. The zero-order valence-corrected chi connectivity index (χ0v) is 8.84. The lowest BCUT2D eigenvalue weighted by Crippen LogP contribution is -2.13. The van der Waals surface area contributed by atoms with Crippen LogP contribution in [0, 0.1) is 28.9 Å². The van der Waals surface area contributed by atoms with Gasteiger partial charge in [0.05, 0.1) is 6.07 Å². The van der Waals surface area contributed by atoms with Crippen LogP contribution in [-0.4, -0.2) is 5.78 Å². The van der Waals surface area contributed by atoms with Gasteiger partial charge in [-0.15, -0.1) is 0 Å². The Morgan fingerprint density at radius 2 is 2.12 bits per heavy atom. The molecule has 0 aliphatic carbocycles. The molecular formula is C12H11F2NO. The number of carbonyl (C=O) groups excluding carboxylic acids is 1. The topological polar surface area (TPSA) is 40.9 Å². The second-order valence-electron chi connectivity index (χ2n) is 3.46. The predicted octanol–water partition coefficient (Wildman–Crippen LogP) is 3.09. The minimum absolute atomic E-state index is 0.0406. The monoisotopic (exact) mass is 223 g/mol. The largest absolute Gasteiger partial charge is 0.293 e. The Labute approximate surface area is 92.5 Å². The number of hydrogen-bond donors (Lipinski definition) is 0. The van der Waals surface area contributed by atoms with Crippen molar-refractivity contribution in [2.24, 2.45) is 5.92 Å². The number of halogens is 2. The van der Waals surface area contributed by atoms with Crippen LogP contribution in [0.4, 0.5) is 8.78 Å². The summed E-state index contributed by atoms with van der Waals surface area (Å²) in [6.45, 7) is 1.85. The summed E-state index contributed by atoms with van der Waals surface area (Å²) in [5.74, 6) is -3.31. The summed E-state index contributed by atoms with van der Waals surface area (Å²) in [6.07, 6.45) is 1.11. The molecule has 0 spiro atoms. The zero-order valence-electron chi connectivity index (χ0n) is 8.84. The summed E-state index contributed by atoms with van der Waals surface area (Å²) >= 11 is 0. The normalized spacial score (nSPS) is 11.9. The molecule has 0 radical (unpaired) electrons. The highest BCUT2D eigenvalue weighted by molar-refractivity contribution is 5.99. The first-order chi connectivity index (χ1) is 7.60. The van der Waals surface area contributed by atoms with E-state index in [-0.39, 0.29) is 5.56 Å². The maximum absolute atomic E-state index is 12.9. The van der Waals surface area contributed by atoms with E-state index in [0.29, 0.717) is 12.8 Å². The molecule has 1 aromatic rings. The quantitative estimate of drug-likeness (QED) is 0.736. The van der Waals surface area contributed by atoms with Crippen LogP contribution in [0.2, 0.25) is 0 Å². The Morgan fingerprint density at radius 1 is 1.44 bits per heavy atom. The highest BCUT2D eigenvalue weighted by Crippen LogP contribution is 2.16. The number of hydrogen-bond acceptors (Lipinski definition) is 2. The fourth-order valence-electron chi connectivity index (χ4n) is 1.39. The molecule has 4 heteroatoms. The molecule has 84 valence electrons. The Balaban J connectivity index is 2.96. The molecule has 0 N–H and O–H groups in total. The maximum Gasteiger partial charge on any atom is 0.180 e. The van der Waals surface area contributed by atoms with Gasteiger partial charge in [-0.25, -0.2) is 8.78 Å². The van der Waals surface area contributed by atoms with Gasteiger partial charge in [0, 0.05) is 5.56 Å². The first kappa shape index (κ1) is 12.3. The second kappa shape index (κ2) is 5.36. The average Bonchev–Trinajstić information content (AvgIpc) is 2.28. The Morgan fingerprint density at radius 3 is 2.62 bits per heavy atom. The molecule has 0 fully saturated rings. The van der Waals surface area contributed by atoms with Gasteiger partial charge in [0.1, 0.15) is 5.92 Å². The molecular weight excluding hydrogens is 212 g/mol. The summed E-state index contributed by atoms with van der Waals surface area (Å²) in [5.41, 5.74) is 0.0406. The molecule has 0 amide bonds. The minimum Gasteiger partial charge on any atom is -0.293 e. The Bertz CT molecular complexity index is 437. The van der Waals surface area contributed by atoms with E-state index in [9.17, 15) is 13.6 Å². The fourth-order valence-corrected chi connectivity index (χ4v) is 1.39. The fraction of sp³-hybridized carbons (Fsp3) is 0.333. The third-order valence-electron chi connectivity index (χ3n) is 2.25. The summed E-state index contributed by atoms with van der Waals surface area (Å²) < 4.78 is 25.5. The first-order valence-corrected chi connectivity index (χ1v) is 4.99. The molecule has 1 rings (SSSR count). The molecule has 1 unspecified atom stereocenters. The molecule has 0 aliphatic rings. The number of benzene rings is 1. The van der Waals surface area contributed by atoms with Gasteiger partial charge in [-0.2, -0.15) is 5.26 Å². The van der Waals surface area contributed by atoms with E-state index in [4.69, 9.17) is 5.26 Å². The number of ketones is 1. The summed E-state index contributed by atoms with van der Waals surface area (Å²) in [7, 11) is 0. The average molecular weight is 223 g/mol. The highest BCUT2D eigenvalue weighted by Gasteiger charge is 2.19. The van der Waals surface area contributed by atoms with Crippen LogP contribution in [0.3, 0.4) is 0 Å². The van der Waals surface area contributed by atoms with Crippen molar-refractivity contribution in [1.82, 2.24) is 0 Å². The second-order valence-corrected chi connectivity index (χ2v) is 3.46. The molecule has 0 saturated carbocycles. The van der Waals surface area contributed by atoms with E-state index >= 15 is 0 Å². The molecule has 0 heterocycles. The van der Waals surface area contributed by atoms with Crippen molar-refractivity contribution in [3.8, 4) is 6.07 Å². The van der Waals surface area contributed by atoms with Gasteiger partial charge in [0.2, 0.25) is 0 Å². The van der Waals surface area contributed by atoms with Crippen molar-refractivity contribution < 1.29 is 13.6 Å². The number of nitriles is 1. The van der Waals surface area contributed by atoms with Gasteiger partial charge in [-0.3, -0.25) is 4.79 Å². The summed E-state index contributed by atoms with van der Waals surface area (Å²) in [4.78, 5) is 11.7. The maximum atomic E-state index is 12.9. The lowest BCUT2D eigenvalue weighted by atomic mass is 9.95. The van der Waals surface area contributed by atoms with Crippen molar-refractivity contribution >= 4 is 5.78 Å². The van der Waals surface area contributed by atoms with Crippen molar-refractivity contribution in [2.75, 3.05) is 0 Å². The molecule has 1 aromatic carbocycles.